The summed E-state index contributed by atoms with van der Waals surface area (Å²) in [5, 5.41) is 0. The van der Waals surface area contributed by atoms with Gasteiger partial charge < -0.3 is 4.74 Å². The van der Waals surface area contributed by atoms with E-state index in [1.54, 1.807) is 24.3 Å². The van der Waals surface area contributed by atoms with Gasteiger partial charge in [0, 0.05) is 11.8 Å². The lowest BCUT2D eigenvalue weighted by Crippen LogP contribution is -2.33. The maximum Gasteiger partial charge on any atom is 0.340 e. The lowest BCUT2D eigenvalue weighted by Gasteiger charge is -2.31. The van der Waals surface area contributed by atoms with Gasteiger partial charge in [0.25, 0.3) is 0 Å². The van der Waals surface area contributed by atoms with Gasteiger partial charge in [-0.15, -0.1) is 0 Å². The third-order valence-electron chi connectivity index (χ3n) is 5.06. The number of cyclic esters (lactones) is 1. The highest BCUT2D eigenvalue weighted by molar-refractivity contribution is 7.90. The van der Waals surface area contributed by atoms with Crippen LogP contribution in [0.5, 0.6) is 0 Å². The molecule has 0 bridgehead atoms. The van der Waals surface area contributed by atoms with E-state index in [4.69, 9.17) is 4.74 Å². The molecule has 0 amide bonds. The van der Waals surface area contributed by atoms with Crippen molar-refractivity contribution >= 4 is 27.0 Å². The average Bonchev–Trinajstić information content (AvgIpc) is 2.87. The van der Waals surface area contributed by atoms with Crippen molar-refractivity contribution in [2.24, 2.45) is 5.92 Å². The fraction of sp³-hybridized carbons (Fsp3) is 0.286. The summed E-state index contributed by atoms with van der Waals surface area (Å²) in [5.41, 5.74) is 1.43. The number of carbonyl (C=O) groups is 1. The van der Waals surface area contributed by atoms with Crippen LogP contribution >= 0.6 is 0 Å². The van der Waals surface area contributed by atoms with Crippen LogP contribution < -0.4 is 0 Å². The molecule has 3 rings (SSSR count). The Morgan fingerprint density at radius 1 is 0.963 bits per heavy atom. The maximum atomic E-state index is 13.3. The van der Waals surface area contributed by atoms with Gasteiger partial charge in [-0.05, 0) is 48.2 Å². The van der Waals surface area contributed by atoms with Crippen LogP contribution in [-0.4, -0.2) is 26.2 Å². The molecule has 0 radical (unpaired) electrons. The van der Waals surface area contributed by atoms with Crippen molar-refractivity contribution in [1.29, 1.82) is 0 Å². The molecule has 2 aromatic rings. The number of esters is 1. The Balaban J connectivity index is 2.26. The van der Waals surface area contributed by atoms with Crippen LogP contribution in [0.2, 0.25) is 0 Å². The fourth-order valence-electron chi connectivity index (χ4n) is 3.23. The number of ether oxygens (including phenoxy) is 1. The first-order valence-electron chi connectivity index (χ1n) is 8.58. The van der Waals surface area contributed by atoms with E-state index in [0.717, 1.165) is 6.26 Å². The number of sulfone groups is 1. The van der Waals surface area contributed by atoms with Crippen molar-refractivity contribution < 1.29 is 22.3 Å². The Hall–Kier alpha value is -2.47. The Bertz CT molecular complexity index is 1020. The quantitative estimate of drug-likeness (QED) is 0.740. The fourth-order valence-corrected chi connectivity index (χ4v) is 3.86. The Morgan fingerprint density at radius 2 is 1.48 bits per heavy atom. The van der Waals surface area contributed by atoms with Crippen LogP contribution in [0.1, 0.15) is 31.9 Å². The maximum absolute atomic E-state index is 13.3. The summed E-state index contributed by atoms with van der Waals surface area (Å²) < 4.78 is 42.6. The van der Waals surface area contributed by atoms with Gasteiger partial charge in [-0.3, -0.25) is 0 Å². The summed E-state index contributed by atoms with van der Waals surface area (Å²) in [6.45, 7) is 5.74. The molecule has 1 heterocycles. The largest absolute Gasteiger partial charge is 0.451 e. The van der Waals surface area contributed by atoms with Crippen molar-refractivity contribution in [2.75, 3.05) is 6.26 Å². The van der Waals surface area contributed by atoms with Crippen molar-refractivity contribution in [3.63, 3.8) is 0 Å². The molecular weight excluding hydrogens is 367 g/mol. The number of carbonyl (C=O) groups excluding carboxylic acids is 1. The topological polar surface area (TPSA) is 60.4 Å². The molecule has 0 fully saturated rings. The minimum Gasteiger partial charge on any atom is -0.451 e. The van der Waals surface area contributed by atoms with Gasteiger partial charge >= 0.3 is 5.97 Å². The Kier molecular flexibility index (Phi) is 4.72. The molecule has 27 heavy (non-hydrogen) atoms. The van der Waals surface area contributed by atoms with E-state index < -0.39 is 27.2 Å². The van der Waals surface area contributed by atoms with Gasteiger partial charge in [0.15, 0.2) is 9.84 Å². The zero-order chi connectivity index (χ0) is 20.0. The van der Waals surface area contributed by atoms with E-state index in [9.17, 15) is 17.6 Å². The molecule has 0 unspecified atom stereocenters. The normalized spacial score (nSPS) is 20.3. The minimum atomic E-state index is -3.33. The molecule has 4 nitrogen and oxygen atoms in total. The second kappa shape index (κ2) is 6.60. The van der Waals surface area contributed by atoms with Crippen molar-refractivity contribution in [2.45, 2.75) is 31.3 Å². The number of halogens is 1. The predicted molar refractivity (Wildman–Crippen MR) is 102 cm³/mol. The molecule has 6 heteroatoms. The second-order valence-corrected chi connectivity index (χ2v) is 9.22. The number of hydrogen-bond donors (Lipinski definition) is 0. The molecule has 2 aromatic carbocycles. The third kappa shape index (κ3) is 3.41. The summed E-state index contributed by atoms with van der Waals surface area (Å²) in [6.07, 6.45) is 1.14. The molecule has 1 aliphatic heterocycles. The lowest BCUT2D eigenvalue weighted by atomic mass is 9.79. The summed E-state index contributed by atoms with van der Waals surface area (Å²) in [4.78, 5) is 12.9. The standard InChI is InChI=1S/C21H21FO4S/c1-13(2)21(3)19(15-7-11-17(12-8-15)27(4,24)25)18(20(23)26-21)14-5-9-16(22)10-6-14/h5-13H,1-4H3/t21-/m0/s1. The van der Waals surface area contributed by atoms with Crippen LogP contribution in [0.4, 0.5) is 4.39 Å². The monoisotopic (exact) mass is 388 g/mol. The Labute approximate surface area is 158 Å². The van der Waals surface area contributed by atoms with E-state index in [0.29, 0.717) is 22.3 Å². The van der Waals surface area contributed by atoms with Crippen LogP contribution in [0.15, 0.2) is 53.4 Å². The molecule has 1 aliphatic rings. The average molecular weight is 388 g/mol. The van der Waals surface area contributed by atoms with Crippen molar-refractivity contribution in [3.05, 3.63) is 65.5 Å². The third-order valence-corrected chi connectivity index (χ3v) is 6.19. The first kappa shape index (κ1) is 19.3. The molecule has 0 spiro atoms. The molecule has 0 N–H and O–H groups in total. The van der Waals surface area contributed by atoms with Gasteiger partial charge in [0.1, 0.15) is 11.4 Å². The summed E-state index contributed by atoms with van der Waals surface area (Å²) in [7, 11) is -3.33. The van der Waals surface area contributed by atoms with Gasteiger partial charge in [-0.2, -0.15) is 0 Å². The van der Waals surface area contributed by atoms with Gasteiger partial charge in [-0.1, -0.05) is 38.1 Å². The Morgan fingerprint density at radius 3 is 1.96 bits per heavy atom. The lowest BCUT2D eigenvalue weighted by molar-refractivity contribution is -0.145. The molecule has 0 saturated carbocycles. The summed E-state index contributed by atoms with van der Waals surface area (Å²) >= 11 is 0. The number of rotatable bonds is 4. The van der Waals surface area contributed by atoms with E-state index in [1.165, 1.54) is 24.3 Å². The highest BCUT2D eigenvalue weighted by Crippen LogP contribution is 2.47. The number of hydrogen-bond acceptors (Lipinski definition) is 4. The zero-order valence-corrected chi connectivity index (χ0v) is 16.4. The van der Waals surface area contributed by atoms with Gasteiger partial charge in [0.05, 0.1) is 10.5 Å². The summed E-state index contributed by atoms with van der Waals surface area (Å²) in [6, 6.07) is 12.1. The molecule has 0 aliphatic carbocycles. The highest BCUT2D eigenvalue weighted by Gasteiger charge is 2.47. The van der Waals surface area contributed by atoms with E-state index in [-0.39, 0.29) is 10.8 Å². The van der Waals surface area contributed by atoms with E-state index in [1.807, 2.05) is 20.8 Å². The molecule has 0 saturated heterocycles. The predicted octanol–water partition coefficient (Wildman–Crippen LogP) is 4.11. The minimum absolute atomic E-state index is 0.0241. The smallest absolute Gasteiger partial charge is 0.340 e. The first-order chi connectivity index (χ1) is 12.5. The SMILES string of the molecule is CC(C)[C@]1(C)OC(=O)C(c2ccc(F)cc2)=C1c1ccc(S(C)(=O)=O)cc1. The van der Waals surface area contributed by atoms with Crippen molar-refractivity contribution in [1.82, 2.24) is 0 Å². The number of benzene rings is 2. The highest BCUT2D eigenvalue weighted by atomic mass is 32.2. The van der Waals surface area contributed by atoms with Crippen molar-refractivity contribution in [3.8, 4) is 0 Å². The van der Waals surface area contributed by atoms with Crippen LogP contribution in [0.25, 0.3) is 11.1 Å². The van der Waals surface area contributed by atoms with Crippen LogP contribution in [0, 0.1) is 11.7 Å². The van der Waals surface area contributed by atoms with Crippen LogP contribution in [0.3, 0.4) is 0 Å². The molecule has 142 valence electrons. The van der Waals surface area contributed by atoms with Crippen LogP contribution in [-0.2, 0) is 19.4 Å². The zero-order valence-electron chi connectivity index (χ0n) is 15.6. The first-order valence-corrected chi connectivity index (χ1v) is 10.5. The van der Waals surface area contributed by atoms with E-state index >= 15 is 0 Å². The van der Waals surface area contributed by atoms with Gasteiger partial charge in [0.2, 0.25) is 0 Å². The molecule has 1 atom stereocenters. The summed E-state index contributed by atoms with van der Waals surface area (Å²) in [5.74, 6) is -0.889. The van der Waals surface area contributed by atoms with E-state index in [2.05, 4.69) is 0 Å². The second-order valence-electron chi connectivity index (χ2n) is 7.20. The molecular formula is C21H21FO4S. The molecule has 0 aromatic heterocycles. The van der Waals surface area contributed by atoms with Gasteiger partial charge in [-0.25, -0.2) is 17.6 Å².